The molecule has 0 unspecified atom stereocenters. The van der Waals surface area contributed by atoms with Crippen LogP contribution in [0.15, 0.2) is 54.6 Å². The molecule has 0 heterocycles. The zero-order valence-electron chi connectivity index (χ0n) is 12.1. The molecule has 0 saturated heterocycles. The zero-order chi connectivity index (χ0) is 15.1. The van der Waals surface area contributed by atoms with Crippen LogP contribution in [0.1, 0.15) is 24.1 Å². The van der Waals surface area contributed by atoms with Crippen LogP contribution in [0.25, 0.3) is 0 Å². The average Bonchev–Trinajstić information content (AvgIpc) is 2.52. The molecule has 0 radical (unpaired) electrons. The third kappa shape index (κ3) is 4.93. The summed E-state index contributed by atoms with van der Waals surface area (Å²) in [5.74, 6) is 0.172. The van der Waals surface area contributed by atoms with E-state index in [9.17, 15) is 4.79 Å². The van der Waals surface area contributed by atoms with E-state index in [0.29, 0.717) is 5.75 Å². The molecule has 110 valence electrons. The first-order valence-corrected chi connectivity index (χ1v) is 6.93. The Morgan fingerprint density at radius 2 is 1.81 bits per heavy atom. The predicted molar refractivity (Wildman–Crippen MR) is 82.8 cm³/mol. The molecule has 0 fully saturated rings. The first-order valence-electron chi connectivity index (χ1n) is 6.93. The van der Waals surface area contributed by atoms with E-state index in [1.807, 2.05) is 42.5 Å². The van der Waals surface area contributed by atoms with Gasteiger partial charge in [-0.1, -0.05) is 42.5 Å². The Labute approximate surface area is 124 Å². The minimum atomic E-state index is -0.475. The van der Waals surface area contributed by atoms with Crippen LogP contribution in [0, 0.1) is 0 Å². The third-order valence-electron chi connectivity index (χ3n) is 3.22. The van der Waals surface area contributed by atoms with Gasteiger partial charge in [0.1, 0.15) is 5.75 Å². The Balaban J connectivity index is 1.85. The second-order valence-electron chi connectivity index (χ2n) is 4.91. The van der Waals surface area contributed by atoms with Gasteiger partial charge < -0.3 is 15.8 Å². The molecular weight excluding hydrogens is 264 g/mol. The first kappa shape index (κ1) is 15.1. The van der Waals surface area contributed by atoms with Gasteiger partial charge in [0.25, 0.3) is 5.91 Å². The number of ether oxygens (including phenoxy) is 1. The lowest BCUT2D eigenvalue weighted by Crippen LogP contribution is -2.20. The molecule has 1 amide bonds. The Morgan fingerprint density at radius 1 is 1.14 bits per heavy atom. The summed E-state index contributed by atoms with van der Waals surface area (Å²) in [6.45, 7) is 2.81. The van der Waals surface area contributed by atoms with Crippen LogP contribution in [0.4, 0.5) is 0 Å². The smallest absolute Gasteiger partial charge is 0.255 e. The van der Waals surface area contributed by atoms with E-state index >= 15 is 0 Å². The largest absolute Gasteiger partial charge is 0.484 e. The van der Waals surface area contributed by atoms with Crippen LogP contribution < -0.4 is 15.8 Å². The normalized spacial score (nSPS) is 11.9. The highest BCUT2D eigenvalue weighted by Crippen LogP contribution is 2.15. The van der Waals surface area contributed by atoms with Gasteiger partial charge in [0.2, 0.25) is 0 Å². The molecule has 21 heavy (non-hydrogen) atoms. The lowest BCUT2D eigenvalue weighted by Gasteiger charge is -2.14. The summed E-state index contributed by atoms with van der Waals surface area (Å²) in [5.41, 5.74) is 7.45. The molecule has 0 aliphatic heterocycles. The number of rotatable bonds is 7. The molecule has 0 aliphatic carbocycles. The van der Waals surface area contributed by atoms with Crippen LogP contribution in [0.2, 0.25) is 0 Å². The summed E-state index contributed by atoms with van der Waals surface area (Å²) in [4.78, 5) is 10.6. The van der Waals surface area contributed by atoms with Crippen molar-refractivity contribution in [2.75, 3.05) is 6.61 Å². The minimum absolute atomic E-state index is 0.0946. The molecule has 2 aromatic rings. The van der Waals surface area contributed by atoms with Crippen LogP contribution in [-0.2, 0) is 11.3 Å². The van der Waals surface area contributed by atoms with Crippen molar-refractivity contribution in [1.82, 2.24) is 5.32 Å². The summed E-state index contributed by atoms with van der Waals surface area (Å²) < 4.78 is 5.22. The average molecular weight is 284 g/mol. The SMILES string of the molecule is C[C@@H](NCc1ccc(OCC(N)=O)cc1)c1ccccc1. The van der Waals surface area contributed by atoms with Gasteiger partial charge in [-0.25, -0.2) is 0 Å². The van der Waals surface area contributed by atoms with Crippen LogP contribution in [-0.4, -0.2) is 12.5 Å². The van der Waals surface area contributed by atoms with Gasteiger partial charge in [0.15, 0.2) is 6.61 Å². The summed E-state index contributed by atoms with van der Waals surface area (Å²) in [5, 5.41) is 3.47. The quantitative estimate of drug-likeness (QED) is 0.820. The van der Waals surface area contributed by atoms with E-state index in [1.165, 1.54) is 5.56 Å². The number of hydrogen-bond acceptors (Lipinski definition) is 3. The molecule has 4 heteroatoms. The van der Waals surface area contributed by atoms with E-state index in [4.69, 9.17) is 10.5 Å². The molecule has 2 rings (SSSR count). The lowest BCUT2D eigenvalue weighted by atomic mass is 10.1. The van der Waals surface area contributed by atoms with E-state index in [0.717, 1.165) is 12.1 Å². The summed E-state index contributed by atoms with van der Waals surface area (Å²) >= 11 is 0. The van der Waals surface area contributed by atoms with Gasteiger partial charge in [-0.3, -0.25) is 4.79 Å². The molecular formula is C17H20N2O2. The lowest BCUT2D eigenvalue weighted by molar-refractivity contribution is -0.119. The van der Waals surface area contributed by atoms with Crippen molar-refractivity contribution in [3.8, 4) is 5.75 Å². The third-order valence-corrected chi connectivity index (χ3v) is 3.22. The molecule has 0 spiro atoms. The second kappa shape index (κ2) is 7.45. The van der Waals surface area contributed by atoms with Crippen molar-refractivity contribution >= 4 is 5.91 Å². The van der Waals surface area contributed by atoms with Gasteiger partial charge in [0.05, 0.1) is 0 Å². The van der Waals surface area contributed by atoms with Gasteiger partial charge in [-0.2, -0.15) is 0 Å². The Bertz CT molecular complexity index is 567. The van der Waals surface area contributed by atoms with Crippen molar-refractivity contribution in [3.05, 3.63) is 65.7 Å². The highest BCUT2D eigenvalue weighted by molar-refractivity contribution is 5.75. The Kier molecular flexibility index (Phi) is 5.35. The van der Waals surface area contributed by atoms with Gasteiger partial charge >= 0.3 is 0 Å². The highest BCUT2D eigenvalue weighted by Gasteiger charge is 2.04. The minimum Gasteiger partial charge on any atom is -0.484 e. The summed E-state index contributed by atoms with van der Waals surface area (Å²) in [6.07, 6.45) is 0. The highest BCUT2D eigenvalue weighted by atomic mass is 16.5. The first-order chi connectivity index (χ1) is 10.1. The molecule has 0 bridgehead atoms. The topological polar surface area (TPSA) is 64.3 Å². The number of nitrogens with one attached hydrogen (secondary N) is 1. The maximum absolute atomic E-state index is 10.6. The van der Waals surface area contributed by atoms with Gasteiger partial charge in [-0.15, -0.1) is 0 Å². The van der Waals surface area contributed by atoms with Crippen LogP contribution >= 0.6 is 0 Å². The fourth-order valence-electron chi connectivity index (χ4n) is 1.99. The maximum atomic E-state index is 10.6. The zero-order valence-corrected chi connectivity index (χ0v) is 12.1. The fraction of sp³-hybridized carbons (Fsp3) is 0.235. The van der Waals surface area contributed by atoms with E-state index in [1.54, 1.807) is 0 Å². The molecule has 2 aromatic carbocycles. The van der Waals surface area contributed by atoms with Crippen LogP contribution in [0.5, 0.6) is 5.75 Å². The van der Waals surface area contributed by atoms with E-state index < -0.39 is 5.91 Å². The number of carbonyl (C=O) groups excluding carboxylic acids is 1. The van der Waals surface area contributed by atoms with Crippen molar-refractivity contribution < 1.29 is 9.53 Å². The number of hydrogen-bond donors (Lipinski definition) is 2. The van der Waals surface area contributed by atoms with Gasteiger partial charge in [0, 0.05) is 12.6 Å². The second-order valence-corrected chi connectivity index (χ2v) is 4.91. The van der Waals surface area contributed by atoms with Gasteiger partial charge in [-0.05, 0) is 30.2 Å². The summed E-state index contributed by atoms with van der Waals surface area (Å²) in [6, 6.07) is 18.2. The number of carbonyl (C=O) groups is 1. The standard InChI is InChI=1S/C17H20N2O2/c1-13(15-5-3-2-4-6-15)19-11-14-7-9-16(10-8-14)21-12-17(18)20/h2-10,13,19H,11-12H2,1H3,(H2,18,20)/t13-/m1/s1. The van der Waals surface area contributed by atoms with Crippen molar-refractivity contribution in [2.45, 2.75) is 19.5 Å². The van der Waals surface area contributed by atoms with E-state index in [-0.39, 0.29) is 12.6 Å². The fourth-order valence-corrected chi connectivity index (χ4v) is 1.99. The Hall–Kier alpha value is -2.33. The number of benzene rings is 2. The molecule has 0 aromatic heterocycles. The van der Waals surface area contributed by atoms with Crippen molar-refractivity contribution in [3.63, 3.8) is 0 Å². The molecule has 0 aliphatic rings. The molecule has 3 N–H and O–H groups in total. The number of nitrogens with two attached hydrogens (primary N) is 1. The van der Waals surface area contributed by atoms with E-state index in [2.05, 4.69) is 24.4 Å². The van der Waals surface area contributed by atoms with Crippen LogP contribution in [0.3, 0.4) is 0 Å². The maximum Gasteiger partial charge on any atom is 0.255 e. The van der Waals surface area contributed by atoms with Crippen molar-refractivity contribution in [2.24, 2.45) is 5.73 Å². The Morgan fingerprint density at radius 3 is 2.43 bits per heavy atom. The monoisotopic (exact) mass is 284 g/mol. The number of primary amides is 1. The molecule has 4 nitrogen and oxygen atoms in total. The number of amides is 1. The van der Waals surface area contributed by atoms with Crippen molar-refractivity contribution in [1.29, 1.82) is 0 Å². The molecule has 1 atom stereocenters. The molecule has 0 saturated carbocycles. The summed E-state index contributed by atoms with van der Waals surface area (Å²) in [7, 11) is 0. The predicted octanol–water partition coefficient (Wildman–Crippen LogP) is 2.40.